The molecule has 6 aliphatic rings. The van der Waals surface area contributed by atoms with Crippen molar-refractivity contribution in [1.29, 1.82) is 0 Å². The number of piperazine rings is 1. The zero-order valence-corrected chi connectivity index (χ0v) is 36.2. The molecule has 57 heavy (non-hydrogen) atoms. The second kappa shape index (κ2) is 16.4. The van der Waals surface area contributed by atoms with E-state index in [1.165, 1.54) is 0 Å². The van der Waals surface area contributed by atoms with Crippen molar-refractivity contribution in [3.05, 3.63) is 11.6 Å². The van der Waals surface area contributed by atoms with E-state index in [1.54, 1.807) is 4.90 Å². The van der Waals surface area contributed by atoms with Crippen molar-refractivity contribution >= 4 is 35.3 Å². The maximum atomic E-state index is 15.2. The smallest absolute Gasteiger partial charge is 0.289 e. The molecule has 13 nitrogen and oxygen atoms in total. The van der Waals surface area contributed by atoms with E-state index in [1.807, 2.05) is 39.6 Å². The van der Waals surface area contributed by atoms with Gasteiger partial charge in [-0.1, -0.05) is 60.5 Å². The quantitative estimate of drug-likeness (QED) is 0.154. The highest BCUT2D eigenvalue weighted by molar-refractivity contribution is 6.38. The Labute approximate surface area is 340 Å². The molecule has 0 aromatic heterocycles. The maximum Gasteiger partial charge on any atom is 0.289 e. The summed E-state index contributed by atoms with van der Waals surface area (Å²) in [6.45, 7) is 18.9. The molecule has 2 heterocycles. The molecule has 2 spiro atoms. The fourth-order valence-electron chi connectivity index (χ4n) is 10.9. The van der Waals surface area contributed by atoms with E-state index in [-0.39, 0.29) is 40.1 Å². The third-order valence-electron chi connectivity index (χ3n) is 15.1. The number of hydrogen-bond acceptors (Lipinski definition) is 8. The Bertz CT molecular complexity index is 1630. The van der Waals surface area contributed by atoms with Gasteiger partial charge in [0.2, 0.25) is 29.4 Å². The van der Waals surface area contributed by atoms with E-state index in [0.29, 0.717) is 38.8 Å². The van der Waals surface area contributed by atoms with Gasteiger partial charge in [-0.15, -0.1) is 0 Å². The van der Waals surface area contributed by atoms with Gasteiger partial charge < -0.3 is 26.2 Å². The summed E-state index contributed by atoms with van der Waals surface area (Å²) in [6, 6.07) is -3.96. The van der Waals surface area contributed by atoms with Gasteiger partial charge >= 0.3 is 0 Å². The number of amides is 5. The number of carbonyl (C=O) groups excluding carboxylic acids is 6. The first-order valence-corrected chi connectivity index (χ1v) is 22.0. The van der Waals surface area contributed by atoms with Crippen LogP contribution in [-0.2, 0) is 28.8 Å². The Morgan fingerprint density at radius 1 is 0.895 bits per heavy atom. The number of likely N-dealkylation sites (N-methyl/N-ethyl adjacent to an activating group) is 1. The monoisotopic (exact) mass is 794 g/mol. The first-order chi connectivity index (χ1) is 26.8. The van der Waals surface area contributed by atoms with Gasteiger partial charge in [-0.2, -0.15) is 0 Å². The van der Waals surface area contributed by atoms with E-state index in [0.717, 1.165) is 70.0 Å². The van der Waals surface area contributed by atoms with Crippen LogP contribution in [0, 0.1) is 21.7 Å². The zero-order chi connectivity index (χ0) is 41.7. The summed E-state index contributed by atoms with van der Waals surface area (Å²) in [5.74, 6) is -2.77. The lowest BCUT2D eigenvalue weighted by atomic mass is 9.73. The van der Waals surface area contributed by atoms with Crippen LogP contribution < -0.4 is 21.3 Å². The third-order valence-corrected chi connectivity index (χ3v) is 15.1. The van der Waals surface area contributed by atoms with Crippen LogP contribution in [0.4, 0.5) is 0 Å². The number of fused-ring (bicyclic) bond motifs is 1. The predicted molar refractivity (Wildman–Crippen MR) is 219 cm³/mol. The largest absolute Gasteiger partial charge is 0.347 e. The topological polar surface area (TPSA) is 160 Å². The Hall–Kier alpha value is -3.32. The molecule has 0 aromatic rings. The van der Waals surface area contributed by atoms with Gasteiger partial charge in [-0.3, -0.25) is 38.6 Å². The molecule has 0 aromatic carbocycles. The fourth-order valence-corrected chi connectivity index (χ4v) is 10.9. The van der Waals surface area contributed by atoms with Crippen LogP contribution >= 0.6 is 0 Å². The van der Waals surface area contributed by atoms with Crippen LogP contribution in [0.25, 0.3) is 0 Å². The van der Waals surface area contributed by atoms with Crippen molar-refractivity contribution in [3.63, 3.8) is 0 Å². The molecule has 2 saturated heterocycles. The zero-order valence-electron chi connectivity index (χ0n) is 36.2. The number of nitrogens with one attached hydrogen (secondary N) is 4. The lowest BCUT2D eigenvalue weighted by Crippen LogP contribution is -2.63. The molecule has 4 N–H and O–H groups in total. The van der Waals surface area contributed by atoms with Crippen molar-refractivity contribution in [2.45, 2.75) is 175 Å². The normalized spacial score (nSPS) is 28.5. The van der Waals surface area contributed by atoms with Crippen LogP contribution in [0.15, 0.2) is 11.6 Å². The molecule has 13 heteroatoms. The standard InChI is InChI=1S/C44H71N7O6/c1-10-15-30(34(52)39(56)45-29-18-19-29)46-36(53)31-24-44(42(7,8)43(44)20-14-21-43)26-51(31)40(57)35(41(4,5)6)48-38(55)33(28-16-12-11-13-17-28)47-37(54)32-25-50(27(2)3)23-22-49(32)9/h16,27,29-33,35H,10-15,17-26H2,1-9H3,(H,45,56)(H,46,53)(H,47,54)(H,48,55)/t30?,31-,32+,33-,35+,44+/m0/s1. The number of nitrogens with zero attached hydrogens (tertiary/aromatic N) is 3. The van der Waals surface area contributed by atoms with Gasteiger partial charge in [0.1, 0.15) is 24.2 Å². The van der Waals surface area contributed by atoms with Gasteiger partial charge in [0.15, 0.2) is 0 Å². The second-order valence-electron chi connectivity index (χ2n) is 20.1. The summed E-state index contributed by atoms with van der Waals surface area (Å²) < 4.78 is 0. The van der Waals surface area contributed by atoms with Gasteiger partial charge in [0.05, 0.1) is 6.04 Å². The molecular formula is C44H71N7O6. The van der Waals surface area contributed by atoms with Crippen molar-refractivity contribution in [1.82, 2.24) is 36.0 Å². The summed E-state index contributed by atoms with van der Waals surface area (Å²) >= 11 is 0. The fraction of sp³-hybridized carbons (Fsp3) is 0.818. The van der Waals surface area contributed by atoms with Gasteiger partial charge in [-0.25, -0.2) is 0 Å². The lowest BCUT2D eigenvalue weighted by molar-refractivity contribution is -0.145. The highest BCUT2D eigenvalue weighted by Crippen LogP contribution is 2.88. The van der Waals surface area contributed by atoms with Gasteiger partial charge in [0.25, 0.3) is 5.91 Å². The Morgan fingerprint density at radius 3 is 2.12 bits per heavy atom. The van der Waals surface area contributed by atoms with Crippen LogP contribution in [0.3, 0.4) is 0 Å². The van der Waals surface area contributed by atoms with Crippen molar-refractivity contribution < 1.29 is 28.8 Å². The third kappa shape index (κ3) is 8.17. The summed E-state index contributed by atoms with van der Waals surface area (Å²) in [4.78, 5) is 90.5. The van der Waals surface area contributed by atoms with E-state index in [4.69, 9.17) is 0 Å². The first kappa shape index (κ1) is 43.3. The van der Waals surface area contributed by atoms with Crippen molar-refractivity contribution in [2.24, 2.45) is 21.7 Å². The van der Waals surface area contributed by atoms with Crippen LogP contribution in [0.2, 0.25) is 0 Å². The number of hydrogen-bond donors (Lipinski definition) is 4. The highest BCUT2D eigenvalue weighted by atomic mass is 16.2. The molecule has 2 aliphatic heterocycles. The molecular weight excluding hydrogens is 723 g/mol. The number of Topliss-reactive ketones (excluding diaryl/α,β-unsaturated/α-hetero) is 1. The highest BCUT2D eigenvalue weighted by Gasteiger charge is 2.85. The van der Waals surface area contributed by atoms with Gasteiger partial charge in [-0.05, 0) is 107 Å². The molecule has 1 unspecified atom stereocenters. The molecule has 0 radical (unpaired) electrons. The Balaban J connectivity index is 1.26. The van der Waals surface area contributed by atoms with Crippen LogP contribution in [-0.4, -0.2) is 126 Å². The molecule has 6 atom stereocenters. The summed E-state index contributed by atoms with van der Waals surface area (Å²) in [6.07, 6.45) is 11.7. The Morgan fingerprint density at radius 2 is 1.58 bits per heavy atom. The molecule has 5 amide bonds. The van der Waals surface area contributed by atoms with E-state index < -0.39 is 59.1 Å². The van der Waals surface area contributed by atoms with Crippen LogP contribution in [0.5, 0.6) is 0 Å². The van der Waals surface area contributed by atoms with Crippen LogP contribution in [0.1, 0.15) is 132 Å². The summed E-state index contributed by atoms with van der Waals surface area (Å²) in [7, 11) is 1.94. The van der Waals surface area contributed by atoms with E-state index >= 15 is 4.79 Å². The number of rotatable bonds is 14. The minimum absolute atomic E-state index is 0.00805. The Kier molecular flexibility index (Phi) is 12.4. The molecule has 6 rings (SSSR count). The van der Waals surface area contributed by atoms with Gasteiger partial charge in [0, 0.05) is 43.7 Å². The molecule has 5 fully saturated rings. The molecule has 3 saturated carbocycles. The number of likely N-dealkylation sites (tertiary alicyclic amines) is 1. The lowest BCUT2D eigenvalue weighted by Gasteiger charge is -2.41. The molecule has 4 aliphatic carbocycles. The summed E-state index contributed by atoms with van der Waals surface area (Å²) in [5.41, 5.74) is -0.260. The number of carbonyl (C=O) groups is 6. The average molecular weight is 794 g/mol. The second-order valence-corrected chi connectivity index (χ2v) is 20.1. The van der Waals surface area contributed by atoms with Crippen molar-refractivity contribution in [3.8, 4) is 0 Å². The summed E-state index contributed by atoms with van der Waals surface area (Å²) in [5, 5.41) is 11.9. The molecule has 318 valence electrons. The van der Waals surface area contributed by atoms with E-state index in [2.05, 4.69) is 59.9 Å². The van der Waals surface area contributed by atoms with E-state index in [9.17, 15) is 24.0 Å². The first-order valence-electron chi connectivity index (χ1n) is 22.0. The predicted octanol–water partition coefficient (Wildman–Crippen LogP) is 3.46. The minimum atomic E-state index is -1.01. The molecule has 0 bridgehead atoms. The maximum absolute atomic E-state index is 15.2. The number of allylic oxidation sites excluding steroid dienone is 1. The minimum Gasteiger partial charge on any atom is -0.347 e. The SMILES string of the molecule is CCCC(NC(=O)[C@@H]1C[C@@]2(CN1C(=O)[C@@H](NC(=O)[C@@H](NC(=O)[C@H]1CN(C(C)C)CCN1C)C1=CCCCC1)C(C)(C)C)C(C)(C)C21CCC1)C(=O)C(=O)NC1CC1. The number of ketones is 1. The van der Waals surface area contributed by atoms with Crippen molar-refractivity contribution in [2.75, 3.05) is 33.2 Å². The average Bonchev–Trinajstić information content (AvgIpc) is 3.97.